The zero-order valence-electron chi connectivity index (χ0n) is 28.5. The second-order valence-electron chi connectivity index (χ2n) is 12.8. The van der Waals surface area contributed by atoms with Crippen molar-refractivity contribution in [3.8, 4) is 0 Å². The summed E-state index contributed by atoms with van der Waals surface area (Å²) in [6.07, 6.45) is -4.87. The molecule has 0 spiro atoms. The van der Waals surface area contributed by atoms with E-state index in [1.807, 2.05) is 66.7 Å². The van der Waals surface area contributed by atoms with Crippen LogP contribution in [0.5, 0.6) is 0 Å². The number of rotatable bonds is 12. The van der Waals surface area contributed by atoms with E-state index in [9.17, 15) is 24.0 Å². The van der Waals surface area contributed by atoms with Gasteiger partial charge in [0.15, 0.2) is 18.3 Å². The van der Waals surface area contributed by atoms with E-state index in [2.05, 4.69) is 13.8 Å². The molecule has 0 aromatic heterocycles. The molecule has 1 heterocycles. The van der Waals surface area contributed by atoms with Gasteiger partial charge in [-0.25, -0.2) is 0 Å². The van der Waals surface area contributed by atoms with E-state index >= 15 is 0 Å². The largest absolute Gasteiger partial charge is 0.463 e. The minimum atomic E-state index is -3.31. The maximum absolute atomic E-state index is 12.6. The lowest BCUT2D eigenvalue weighted by molar-refractivity contribution is -0.254. The fourth-order valence-electron chi connectivity index (χ4n) is 6.39. The van der Waals surface area contributed by atoms with Crippen LogP contribution in [0.25, 0.3) is 0 Å². The Balaban J connectivity index is 1.73. The summed E-state index contributed by atoms with van der Waals surface area (Å²) in [5, 5.41) is 1.70. The second kappa shape index (κ2) is 16.1. The van der Waals surface area contributed by atoms with Gasteiger partial charge in [-0.3, -0.25) is 19.2 Å². The highest BCUT2D eigenvalue weighted by Gasteiger charge is 2.53. The molecule has 0 radical (unpaired) electrons. The molecule has 3 aromatic rings. The lowest BCUT2D eigenvalue weighted by Gasteiger charge is -2.44. The predicted octanol–water partition coefficient (Wildman–Crippen LogP) is 4.60. The summed E-state index contributed by atoms with van der Waals surface area (Å²) in [5.74, 6) is -2.69. The predicted molar refractivity (Wildman–Crippen MR) is 185 cm³/mol. The van der Waals surface area contributed by atoms with Crippen LogP contribution in [0.15, 0.2) is 78.9 Å². The zero-order chi connectivity index (χ0) is 35.9. The Hall–Kier alpha value is -4.03. The first-order valence-electron chi connectivity index (χ1n) is 16.1. The van der Waals surface area contributed by atoms with Gasteiger partial charge in [0.2, 0.25) is 0 Å². The van der Waals surface area contributed by atoms with E-state index in [4.69, 9.17) is 35.3 Å². The number of ether oxygens (including phenoxy) is 5. The lowest BCUT2D eigenvalue weighted by atomic mass is 9.89. The van der Waals surface area contributed by atoms with E-state index in [0.29, 0.717) is 23.4 Å². The highest BCUT2D eigenvalue weighted by molar-refractivity contribution is 6.98. The molecule has 1 fully saturated rings. The molecule has 262 valence electrons. The summed E-state index contributed by atoms with van der Waals surface area (Å²) in [5.41, 5.74) is 1.28. The molecule has 0 saturated carbocycles. The maximum atomic E-state index is 12.6. The molecule has 1 aliphatic heterocycles. The average molecular weight is 711 g/mol. The summed E-state index contributed by atoms with van der Waals surface area (Å²) >= 11 is 6.76. The Morgan fingerprint density at radius 3 is 1.78 bits per heavy atom. The first-order chi connectivity index (χ1) is 23.1. The fraction of sp³-hybridized carbons (Fsp3) is 0.405. The molecule has 4 rings (SSSR count). The van der Waals surface area contributed by atoms with Gasteiger partial charge in [0.25, 0.3) is 8.32 Å². The van der Waals surface area contributed by atoms with Crippen LogP contribution in [0.4, 0.5) is 0 Å². The fourth-order valence-corrected chi connectivity index (χ4v) is 10.3. The molecule has 5 atom stereocenters. The summed E-state index contributed by atoms with van der Waals surface area (Å²) < 4.78 is 28.4. The number of aryl methyl sites for hydroxylation is 1. The summed E-state index contributed by atoms with van der Waals surface area (Å²) in [6, 6.07) is 24.7. The minimum Gasteiger partial charge on any atom is -0.463 e. The third-order valence-corrected chi connectivity index (χ3v) is 13.7. The normalized spacial score (nSPS) is 20.9. The highest BCUT2D eigenvalue weighted by Crippen LogP contribution is 2.42. The smallest absolute Gasteiger partial charge is 0.303 e. The van der Waals surface area contributed by atoms with E-state index in [0.717, 1.165) is 15.9 Å². The summed E-state index contributed by atoms with van der Waals surface area (Å²) in [4.78, 5) is 61.2. The molecular weight excluding hydrogens is 668 g/mol. The van der Waals surface area contributed by atoms with E-state index < -0.39 is 67.8 Å². The van der Waals surface area contributed by atoms with Crippen molar-refractivity contribution in [1.29, 1.82) is 0 Å². The number of carbonyl (C=O) groups is 4. The van der Waals surface area contributed by atoms with Crippen molar-refractivity contribution < 1.29 is 47.7 Å². The topological polar surface area (TPSA) is 135 Å². The van der Waals surface area contributed by atoms with Gasteiger partial charge in [0.05, 0.1) is 0 Å². The van der Waals surface area contributed by atoms with Crippen molar-refractivity contribution in [2.24, 2.45) is 0 Å². The lowest BCUT2D eigenvalue weighted by Crippen LogP contribution is -2.65. The van der Waals surface area contributed by atoms with E-state index in [1.165, 1.54) is 27.7 Å². The Kier molecular flexibility index (Phi) is 12.4. The van der Waals surface area contributed by atoms with Crippen molar-refractivity contribution in [3.05, 3.63) is 95.0 Å². The monoisotopic (exact) mass is 710 g/mol. The van der Waals surface area contributed by atoms with Crippen molar-refractivity contribution in [3.63, 3.8) is 0 Å². The van der Waals surface area contributed by atoms with Gasteiger partial charge in [0, 0.05) is 32.7 Å². The highest BCUT2D eigenvalue weighted by atomic mass is 35.5. The number of halogens is 1. The van der Waals surface area contributed by atoms with Crippen molar-refractivity contribution in [2.45, 2.75) is 89.9 Å². The van der Waals surface area contributed by atoms with Gasteiger partial charge in [0.1, 0.15) is 18.8 Å². The van der Waals surface area contributed by atoms with Gasteiger partial charge in [-0.15, -0.1) is 0 Å². The van der Waals surface area contributed by atoms with Crippen LogP contribution in [0.1, 0.15) is 65.2 Å². The number of esters is 4. The number of hydrogen-bond donors (Lipinski definition) is 1. The molecule has 10 nitrogen and oxygen atoms in total. The zero-order valence-corrected chi connectivity index (χ0v) is 30.3. The van der Waals surface area contributed by atoms with Crippen molar-refractivity contribution >= 4 is 54.2 Å². The third kappa shape index (κ3) is 8.96. The van der Waals surface area contributed by atoms with Crippen LogP contribution in [0.2, 0.25) is 10.1 Å². The van der Waals surface area contributed by atoms with Crippen LogP contribution in [0.3, 0.4) is 0 Å². The Morgan fingerprint density at radius 1 is 0.755 bits per heavy atom. The van der Waals surface area contributed by atoms with Gasteiger partial charge >= 0.3 is 23.9 Å². The maximum Gasteiger partial charge on any atom is 0.303 e. The molecule has 49 heavy (non-hydrogen) atoms. The second-order valence-corrected chi connectivity index (χ2v) is 17.1. The van der Waals surface area contributed by atoms with Crippen molar-refractivity contribution in [2.75, 3.05) is 6.61 Å². The molecule has 0 amide bonds. The Bertz CT molecular complexity index is 1590. The van der Waals surface area contributed by atoms with Gasteiger partial charge in [-0.2, -0.15) is 0 Å². The number of hydrogen-bond acceptors (Lipinski definition) is 10. The average Bonchev–Trinajstić information content (AvgIpc) is 3.05. The molecule has 0 aliphatic carbocycles. The molecule has 3 aromatic carbocycles. The molecule has 1 saturated heterocycles. The standard InChI is InChI=1S/C37H43ClO10Si/c1-23(39)44-22-32-34(45-24(2)40)36(47-26(4)42)35(46-25(3)41)33(48-32)28-17-18-31(38)27(21-28)19-20-37(5,6)49(43,29-13-9-7-10-14-29)30-15-11-8-12-16-30/h7-18,21,32-36,43H,19-20,22H2,1-6H3/t32?,33?,34?,35-,36?/m0/s1. The molecule has 4 unspecified atom stereocenters. The Morgan fingerprint density at radius 2 is 1.27 bits per heavy atom. The van der Waals surface area contributed by atoms with Crippen LogP contribution >= 0.6 is 11.6 Å². The molecule has 1 N–H and O–H groups in total. The van der Waals surface area contributed by atoms with Crippen LogP contribution < -0.4 is 10.4 Å². The number of carbonyl (C=O) groups excluding carboxylic acids is 4. The van der Waals surface area contributed by atoms with Crippen LogP contribution in [0, 0.1) is 0 Å². The number of benzene rings is 3. The van der Waals surface area contributed by atoms with Gasteiger partial charge in [-0.05, 0) is 45.4 Å². The summed E-state index contributed by atoms with van der Waals surface area (Å²) in [7, 11) is -3.31. The quantitative estimate of drug-likeness (QED) is 0.161. The van der Waals surface area contributed by atoms with Gasteiger partial charge in [-0.1, -0.05) is 98.2 Å². The Labute approximate surface area is 292 Å². The van der Waals surface area contributed by atoms with Crippen LogP contribution in [-0.4, -0.2) is 68.0 Å². The first kappa shape index (κ1) is 37.8. The van der Waals surface area contributed by atoms with Crippen LogP contribution in [-0.2, 0) is 49.3 Å². The first-order valence-corrected chi connectivity index (χ1v) is 18.4. The molecule has 1 aliphatic rings. The molecule has 0 bridgehead atoms. The molecular formula is C37H43ClO10Si. The summed E-state index contributed by atoms with van der Waals surface area (Å²) in [6.45, 7) is 8.58. The van der Waals surface area contributed by atoms with Gasteiger partial charge < -0.3 is 28.5 Å². The SMILES string of the molecule is CC(=O)OCC1OC(c2ccc(Cl)c(CCC(C)(C)[Si](O)(c3ccccc3)c3ccccc3)c2)[C@H](OC(C)=O)C(OC(C)=O)C1OC(C)=O. The third-order valence-electron chi connectivity index (χ3n) is 8.77. The van der Waals surface area contributed by atoms with E-state index in [-0.39, 0.29) is 6.61 Å². The molecule has 12 heteroatoms. The van der Waals surface area contributed by atoms with E-state index in [1.54, 1.807) is 12.1 Å². The van der Waals surface area contributed by atoms with Crippen molar-refractivity contribution in [1.82, 2.24) is 0 Å². The minimum absolute atomic E-state index is 0.328.